The van der Waals surface area contributed by atoms with Crippen LogP contribution in [-0.2, 0) is 0 Å². The van der Waals surface area contributed by atoms with Gasteiger partial charge in [0.2, 0.25) is 0 Å². The van der Waals surface area contributed by atoms with Crippen molar-refractivity contribution in [1.82, 2.24) is 4.98 Å². The van der Waals surface area contributed by atoms with Crippen LogP contribution in [0.25, 0.3) is 0 Å². The summed E-state index contributed by atoms with van der Waals surface area (Å²) in [4.78, 5) is 6.33. The van der Waals surface area contributed by atoms with Crippen LogP contribution in [0.15, 0.2) is 11.6 Å². The Morgan fingerprint density at radius 2 is 2.33 bits per heavy atom. The zero-order chi connectivity index (χ0) is 9.19. The lowest BCUT2D eigenvalue weighted by Gasteiger charge is -2.34. The molecule has 0 saturated carbocycles. The molecular weight excluding hydrogens is 170 g/mol. The topological polar surface area (TPSA) is 42.2 Å². The van der Waals surface area contributed by atoms with E-state index >= 15 is 0 Å². The summed E-state index contributed by atoms with van der Waals surface area (Å²) in [6.45, 7) is 4.84. The molecule has 0 unspecified atom stereocenters. The summed E-state index contributed by atoms with van der Waals surface area (Å²) in [5, 5.41) is 2.99. The maximum absolute atomic E-state index is 5.65. The number of anilines is 1. The quantitative estimate of drug-likeness (QED) is 0.772. The number of thiazole rings is 1. The minimum Gasteiger partial charge on any atom is -0.345 e. The summed E-state index contributed by atoms with van der Waals surface area (Å²) in [5.41, 5.74) is 5.63. The molecule has 1 aromatic rings. The molecule has 0 saturated heterocycles. The molecule has 4 heteroatoms. The van der Waals surface area contributed by atoms with Crippen LogP contribution in [0.5, 0.6) is 0 Å². The van der Waals surface area contributed by atoms with Crippen molar-refractivity contribution >= 4 is 16.5 Å². The predicted octanol–water partition coefficient (Wildman–Crippen LogP) is 1.32. The fourth-order valence-electron chi connectivity index (χ4n) is 0.777. The highest BCUT2D eigenvalue weighted by Crippen LogP contribution is 2.22. The average molecular weight is 185 g/mol. The molecule has 3 nitrogen and oxygen atoms in total. The summed E-state index contributed by atoms with van der Waals surface area (Å²) in [5.74, 6) is 0. The Hall–Kier alpha value is -0.610. The highest BCUT2D eigenvalue weighted by molar-refractivity contribution is 7.13. The lowest BCUT2D eigenvalue weighted by Crippen LogP contribution is -2.47. The summed E-state index contributed by atoms with van der Waals surface area (Å²) in [7, 11) is 2.02. The van der Waals surface area contributed by atoms with Crippen molar-refractivity contribution in [1.29, 1.82) is 0 Å². The van der Waals surface area contributed by atoms with Gasteiger partial charge in [0.25, 0.3) is 0 Å². The molecule has 68 valence electrons. The molecule has 1 heterocycles. The van der Waals surface area contributed by atoms with Crippen LogP contribution in [0.2, 0.25) is 0 Å². The van der Waals surface area contributed by atoms with Gasteiger partial charge >= 0.3 is 0 Å². The number of hydrogen-bond donors (Lipinski definition) is 1. The molecule has 0 amide bonds. The molecule has 0 fully saturated rings. The van der Waals surface area contributed by atoms with Gasteiger partial charge in [-0.25, -0.2) is 4.98 Å². The van der Waals surface area contributed by atoms with Crippen LogP contribution in [-0.4, -0.2) is 24.1 Å². The molecule has 1 aromatic heterocycles. The van der Waals surface area contributed by atoms with E-state index in [9.17, 15) is 0 Å². The van der Waals surface area contributed by atoms with Crippen molar-refractivity contribution in [2.45, 2.75) is 19.4 Å². The normalized spacial score (nSPS) is 11.7. The van der Waals surface area contributed by atoms with E-state index in [1.165, 1.54) is 0 Å². The molecule has 0 radical (unpaired) electrons. The SMILES string of the molecule is CN(c1nccs1)C(C)(C)CN. The number of nitrogens with zero attached hydrogens (tertiary/aromatic N) is 2. The Balaban J connectivity index is 2.78. The van der Waals surface area contributed by atoms with Crippen molar-refractivity contribution in [2.24, 2.45) is 5.73 Å². The Bertz CT molecular complexity index is 230. The lowest BCUT2D eigenvalue weighted by molar-refractivity contribution is 0.498. The van der Waals surface area contributed by atoms with Gasteiger partial charge in [0.15, 0.2) is 5.13 Å². The first-order valence-corrected chi connectivity index (χ1v) is 4.79. The van der Waals surface area contributed by atoms with Gasteiger partial charge in [-0.05, 0) is 13.8 Å². The van der Waals surface area contributed by atoms with E-state index in [1.54, 1.807) is 11.3 Å². The van der Waals surface area contributed by atoms with Crippen LogP contribution in [0.3, 0.4) is 0 Å². The van der Waals surface area contributed by atoms with Crippen molar-refractivity contribution in [3.8, 4) is 0 Å². The third-order valence-corrected chi connectivity index (χ3v) is 2.96. The second kappa shape index (κ2) is 3.41. The molecular formula is C8H15N3S. The molecule has 1 rings (SSSR count). The molecule has 0 aliphatic rings. The van der Waals surface area contributed by atoms with Gasteiger partial charge in [0.05, 0.1) is 0 Å². The molecule has 2 N–H and O–H groups in total. The number of likely N-dealkylation sites (N-methyl/N-ethyl adjacent to an activating group) is 1. The lowest BCUT2D eigenvalue weighted by atomic mass is 10.1. The van der Waals surface area contributed by atoms with Gasteiger partial charge in [-0.2, -0.15) is 0 Å². The predicted molar refractivity (Wildman–Crippen MR) is 53.7 cm³/mol. The van der Waals surface area contributed by atoms with Gasteiger partial charge in [0.1, 0.15) is 0 Å². The van der Waals surface area contributed by atoms with Gasteiger partial charge in [-0.15, -0.1) is 11.3 Å². The second-order valence-corrected chi connectivity index (χ2v) is 4.26. The molecule has 0 aromatic carbocycles. The van der Waals surface area contributed by atoms with Crippen molar-refractivity contribution in [3.63, 3.8) is 0 Å². The molecule has 0 spiro atoms. The third-order valence-electron chi connectivity index (χ3n) is 2.11. The Labute approximate surface area is 77.2 Å². The summed E-state index contributed by atoms with van der Waals surface area (Å²) >= 11 is 1.63. The van der Waals surface area contributed by atoms with E-state index in [0.717, 1.165) is 5.13 Å². The van der Waals surface area contributed by atoms with Gasteiger partial charge in [-0.1, -0.05) is 0 Å². The first-order chi connectivity index (χ1) is 5.58. The molecule has 0 aliphatic heterocycles. The van der Waals surface area contributed by atoms with E-state index in [2.05, 4.69) is 23.7 Å². The van der Waals surface area contributed by atoms with Crippen LogP contribution in [0, 0.1) is 0 Å². The monoisotopic (exact) mass is 185 g/mol. The van der Waals surface area contributed by atoms with Gasteiger partial charge in [-0.3, -0.25) is 0 Å². The molecule has 0 aliphatic carbocycles. The fourth-order valence-corrected chi connectivity index (χ4v) is 1.55. The Kier molecular flexibility index (Phi) is 2.69. The molecule has 0 atom stereocenters. The van der Waals surface area contributed by atoms with Crippen LogP contribution in [0.4, 0.5) is 5.13 Å². The van der Waals surface area contributed by atoms with Crippen LogP contribution < -0.4 is 10.6 Å². The molecule has 12 heavy (non-hydrogen) atoms. The van der Waals surface area contributed by atoms with Gasteiger partial charge in [0, 0.05) is 30.7 Å². The van der Waals surface area contributed by atoms with E-state index < -0.39 is 0 Å². The number of rotatable bonds is 3. The number of aromatic nitrogens is 1. The summed E-state index contributed by atoms with van der Waals surface area (Å²) in [6, 6.07) is 0. The van der Waals surface area contributed by atoms with Gasteiger partial charge < -0.3 is 10.6 Å². The third kappa shape index (κ3) is 1.76. The molecule has 0 bridgehead atoms. The first kappa shape index (κ1) is 9.48. The smallest absolute Gasteiger partial charge is 0.185 e. The Morgan fingerprint density at radius 1 is 1.67 bits per heavy atom. The summed E-state index contributed by atoms with van der Waals surface area (Å²) < 4.78 is 0. The average Bonchev–Trinajstić information content (AvgIpc) is 2.55. The number of nitrogens with two attached hydrogens (primary N) is 1. The van der Waals surface area contributed by atoms with E-state index in [1.807, 2.05) is 18.6 Å². The Morgan fingerprint density at radius 3 is 2.75 bits per heavy atom. The van der Waals surface area contributed by atoms with Crippen molar-refractivity contribution in [2.75, 3.05) is 18.5 Å². The summed E-state index contributed by atoms with van der Waals surface area (Å²) in [6.07, 6.45) is 1.81. The van der Waals surface area contributed by atoms with E-state index in [4.69, 9.17) is 5.73 Å². The fraction of sp³-hybridized carbons (Fsp3) is 0.625. The van der Waals surface area contributed by atoms with E-state index in [0.29, 0.717) is 6.54 Å². The first-order valence-electron chi connectivity index (χ1n) is 3.91. The second-order valence-electron chi connectivity index (χ2n) is 3.39. The highest BCUT2D eigenvalue weighted by atomic mass is 32.1. The zero-order valence-electron chi connectivity index (χ0n) is 7.74. The minimum atomic E-state index is -0.0160. The van der Waals surface area contributed by atoms with Crippen molar-refractivity contribution < 1.29 is 0 Å². The maximum Gasteiger partial charge on any atom is 0.185 e. The van der Waals surface area contributed by atoms with E-state index in [-0.39, 0.29) is 5.54 Å². The zero-order valence-corrected chi connectivity index (χ0v) is 8.56. The standard InChI is InChI=1S/C8H15N3S/c1-8(2,6-9)11(3)7-10-4-5-12-7/h4-5H,6,9H2,1-3H3. The van der Waals surface area contributed by atoms with Crippen LogP contribution >= 0.6 is 11.3 Å². The maximum atomic E-state index is 5.65. The minimum absolute atomic E-state index is 0.0160. The largest absolute Gasteiger partial charge is 0.345 e. The highest BCUT2D eigenvalue weighted by Gasteiger charge is 2.23. The number of hydrogen-bond acceptors (Lipinski definition) is 4. The van der Waals surface area contributed by atoms with Crippen molar-refractivity contribution in [3.05, 3.63) is 11.6 Å². The van der Waals surface area contributed by atoms with Crippen LogP contribution in [0.1, 0.15) is 13.8 Å².